The molecule has 0 aliphatic heterocycles. The van der Waals surface area contributed by atoms with E-state index in [4.69, 9.17) is 0 Å². The van der Waals surface area contributed by atoms with Gasteiger partial charge in [-0.2, -0.15) is 0 Å². The Labute approximate surface area is 174 Å². The molecule has 0 amide bonds. The van der Waals surface area contributed by atoms with Crippen LogP contribution in [0, 0.1) is 0 Å². The SMILES string of the molecule is c1ccc2c(c1)ccc1cc3ccc4cc5ccc6ccccc6c5cc4c3cc12. The van der Waals surface area contributed by atoms with Crippen LogP contribution in [0.3, 0.4) is 0 Å². The Morgan fingerprint density at radius 2 is 0.567 bits per heavy atom. The van der Waals surface area contributed by atoms with Crippen LogP contribution in [0.2, 0.25) is 0 Å². The molecular weight excluding hydrogens is 360 g/mol. The summed E-state index contributed by atoms with van der Waals surface area (Å²) >= 11 is 0. The lowest BCUT2D eigenvalue weighted by Crippen LogP contribution is -1.84. The van der Waals surface area contributed by atoms with Gasteiger partial charge in [0.1, 0.15) is 0 Å². The fraction of sp³-hybridized carbons (Fsp3) is 0. The molecule has 0 atom stereocenters. The standard InChI is InChI=1S/C30H18/c1-3-7-25-19(5-1)9-11-21-15-23-13-14-24-16-22-12-10-20-6-2-4-8-26(20)28(22)18-30(24)29(23)17-27(21)25/h1-18H. The highest BCUT2D eigenvalue weighted by Crippen LogP contribution is 2.36. The second-order valence-electron chi connectivity index (χ2n) is 8.23. The van der Waals surface area contributed by atoms with E-state index in [1.807, 2.05) is 0 Å². The highest BCUT2D eigenvalue weighted by Gasteiger charge is 2.08. The van der Waals surface area contributed by atoms with Gasteiger partial charge in [0, 0.05) is 0 Å². The summed E-state index contributed by atoms with van der Waals surface area (Å²) in [7, 11) is 0. The van der Waals surface area contributed by atoms with Crippen molar-refractivity contribution in [3.05, 3.63) is 109 Å². The van der Waals surface area contributed by atoms with Gasteiger partial charge in [0.05, 0.1) is 0 Å². The molecule has 7 aromatic rings. The number of hydrogen-bond donors (Lipinski definition) is 0. The van der Waals surface area contributed by atoms with Crippen molar-refractivity contribution in [2.24, 2.45) is 0 Å². The molecule has 0 saturated heterocycles. The monoisotopic (exact) mass is 378 g/mol. The fourth-order valence-electron chi connectivity index (χ4n) is 5.07. The molecule has 0 saturated carbocycles. The van der Waals surface area contributed by atoms with Crippen molar-refractivity contribution in [2.75, 3.05) is 0 Å². The van der Waals surface area contributed by atoms with E-state index >= 15 is 0 Å². The van der Waals surface area contributed by atoms with Gasteiger partial charge in [0.2, 0.25) is 0 Å². The largest absolute Gasteiger partial charge is 0.0616 e. The van der Waals surface area contributed by atoms with Gasteiger partial charge in [-0.3, -0.25) is 0 Å². The van der Waals surface area contributed by atoms with Crippen molar-refractivity contribution >= 4 is 64.6 Å². The van der Waals surface area contributed by atoms with Gasteiger partial charge in [-0.15, -0.1) is 0 Å². The lowest BCUT2D eigenvalue weighted by atomic mass is 9.93. The predicted molar refractivity (Wildman–Crippen MR) is 131 cm³/mol. The Kier molecular flexibility index (Phi) is 3.09. The highest BCUT2D eigenvalue weighted by molar-refractivity contribution is 6.21. The molecule has 0 radical (unpaired) electrons. The summed E-state index contributed by atoms with van der Waals surface area (Å²) in [5, 5.41) is 15.7. The van der Waals surface area contributed by atoms with Gasteiger partial charge in [0.25, 0.3) is 0 Å². The summed E-state index contributed by atoms with van der Waals surface area (Å²) in [5.41, 5.74) is 0. The zero-order valence-corrected chi connectivity index (χ0v) is 16.4. The fourth-order valence-corrected chi connectivity index (χ4v) is 5.07. The van der Waals surface area contributed by atoms with Crippen molar-refractivity contribution in [3.8, 4) is 0 Å². The van der Waals surface area contributed by atoms with Gasteiger partial charge in [-0.1, -0.05) is 84.9 Å². The molecule has 0 nitrogen and oxygen atoms in total. The van der Waals surface area contributed by atoms with Crippen molar-refractivity contribution in [1.82, 2.24) is 0 Å². The molecule has 0 unspecified atom stereocenters. The minimum Gasteiger partial charge on any atom is -0.0616 e. The predicted octanol–water partition coefficient (Wildman–Crippen LogP) is 8.61. The lowest BCUT2D eigenvalue weighted by molar-refractivity contribution is 1.78. The molecule has 30 heavy (non-hydrogen) atoms. The maximum absolute atomic E-state index is 2.40. The van der Waals surface area contributed by atoms with Crippen LogP contribution in [0.4, 0.5) is 0 Å². The third-order valence-corrected chi connectivity index (χ3v) is 6.56. The molecule has 138 valence electrons. The first-order valence-corrected chi connectivity index (χ1v) is 10.4. The van der Waals surface area contributed by atoms with Crippen molar-refractivity contribution in [1.29, 1.82) is 0 Å². The van der Waals surface area contributed by atoms with E-state index < -0.39 is 0 Å². The maximum atomic E-state index is 2.40. The van der Waals surface area contributed by atoms with E-state index in [0.29, 0.717) is 0 Å². The maximum Gasteiger partial charge on any atom is -0.00986 e. The van der Waals surface area contributed by atoms with E-state index in [0.717, 1.165) is 0 Å². The van der Waals surface area contributed by atoms with E-state index in [2.05, 4.69) is 109 Å². The van der Waals surface area contributed by atoms with Gasteiger partial charge >= 0.3 is 0 Å². The molecule has 7 rings (SSSR count). The Morgan fingerprint density at radius 1 is 0.233 bits per heavy atom. The number of hydrogen-bond acceptors (Lipinski definition) is 0. The Hall–Kier alpha value is -3.90. The zero-order valence-electron chi connectivity index (χ0n) is 16.4. The van der Waals surface area contributed by atoms with Gasteiger partial charge in [0.15, 0.2) is 0 Å². The summed E-state index contributed by atoms with van der Waals surface area (Å²) in [6.07, 6.45) is 0. The number of rotatable bonds is 0. The Morgan fingerprint density at radius 3 is 1.00 bits per heavy atom. The van der Waals surface area contributed by atoms with Crippen molar-refractivity contribution in [2.45, 2.75) is 0 Å². The third-order valence-electron chi connectivity index (χ3n) is 6.56. The normalized spacial score (nSPS) is 12.0. The van der Waals surface area contributed by atoms with Gasteiger partial charge in [-0.05, 0) is 88.9 Å². The van der Waals surface area contributed by atoms with E-state index in [-0.39, 0.29) is 0 Å². The summed E-state index contributed by atoms with van der Waals surface area (Å²) in [6.45, 7) is 0. The molecule has 7 aromatic carbocycles. The van der Waals surface area contributed by atoms with Crippen LogP contribution in [0.5, 0.6) is 0 Å². The van der Waals surface area contributed by atoms with Crippen LogP contribution in [0.15, 0.2) is 109 Å². The molecule has 0 fully saturated rings. The first-order chi connectivity index (χ1) is 14.8. The average Bonchev–Trinajstić information content (AvgIpc) is 2.81. The number of benzene rings is 7. The quantitative estimate of drug-likeness (QED) is 0.183. The summed E-state index contributed by atoms with van der Waals surface area (Å²) in [5.74, 6) is 0. The molecular formula is C30H18. The zero-order chi connectivity index (χ0) is 19.7. The summed E-state index contributed by atoms with van der Waals surface area (Å²) in [4.78, 5) is 0. The lowest BCUT2D eigenvalue weighted by Gasteiger charge is -2.11. The molecule has 0 heterocycles. The van der Waals surface area contributed by atoms with Crippen molar-refractivity contribution in [3.63, 3.8) is 0 Å². The highest BCUT2D eigenvalue weighted by atomic mass is 14.1. The van der Waals surface area contributed by atoms with Crippen LogP contribution in [0.1, 0.15) is 0 Å². The Balaban J connectivity index is 1.68. The van der Waals surface area contributed by atoms with Gasteiger partial charge in [-0.25, -0.2) is 0 Å². The van der Waals surface area contributed by atoms with Crippen LogP contribution < -0.4 is 0 Å². The van der Waals surface area contributed by atoms with Crippen molar-refractivity contribution < 1.29 is 0 Å². The molecule has 0 spiro atoms. The van der Waals surface area contributed by atoms with Crippen LogP contribution in [0.25, 0.3) is 64.6 Å². The smallest absolute Gasteiger partial charge is 0.00986 e. The van der Waals surface area contributed by atoms with E-state index in [1.165, 1.54) is 64.6 Å². The Bertz CT molecular complexity index is 1650. The molecule has 0 aliphatic rings. The van der Waals surface area contributed by atoms with E-state index in [9.17, 15) is 0 Å². The first-order valence-electron chi connectivity index (χ1n) is 10.4. The molecule has 0 heteroatoms. The topological polar surface area (TPSA) is 0 Å². The molecule has 0 N–H and O–H groups in total. The molecule has 0 aromatic heterocycles. The minimum absolute atomic E-state index is 1.29. The number of fused-ring (bicyclic) bond motifs is 9. The third kappa shape index (κ3) is 2.16. The second kappa shape index (κ2) is 5.81. The molecule has 0 bridgehead atoms. The van der Waals surface area contributed by atoms with Crippen LogP contribution >= 0.6 is 0 Å². The minimum atomic E-state index is 1.29. The summed E-state index contributed by atoms with van der Waals surface area (Å²) < 4.78 is 0. The van der Waals surface area contributed by atoms with E-state index in [1.54, 1.807) is 0 Å². The second-order valence-corrected chi connectivity index (χ2v) is 8.23. The summed E-state index contributed by atoms with van der Waals surface area (Å²) in [6, 6.07) is 40.3. The average molecular weight is 378 g/mol. The van der Waals surface area contributed by atoms with Crippen LogP contribution in [-0.2, 0) is 0 Å². The van der Waals surface area contributed by atoms with Gasteiger partial charge < -0.3 is 0 Å². The van der Waals surface area contributed by atoms with Crippen LogP contribution in [-0.4, -0.2) is 0 Å². The first kappa shape index (κ1) is 16.0. The molecule has 0 aliphatic carbocycles.